The van der Waals surface area contributed by atoms with Crippen molar-refractivity contribution in [2.45, 2.75) is 25.4 Å². The van der Waals surface area contributed by atoms with Gasteiger partial charge in [-0.15, -0.1) is 11.3 Å². The Bertz CT molecular complexity index is 980. The van der Waals surface area contributed by atoms with Crippen molar-refractivity contribution in [1.82, 2.24) is 14.5 Å². The second-order valence-corrected chi connectivity index (χ2v) is 7.59. The Morgan fingerprint density at radius 2 is 2.12 bits per heavy atom. The van der Waals surface area contributed by atoms with E-state index < -0.39 is 4.92 Å². The average Bonchev–Trinajstić information content (AvgIpc) is 3.08. The van der Waals surface area contributed by atoms with Crippen molar-refractivity contribution in [3.05, 3.63) is 68.1 Å². The number of hydrogen-bond acceptors (Lipinski definition) is 6. The first kappa shape index (κ1) is 16.9. The van der Waals surface area contributed by atoms with Crippen molar-refractivity contribution in [3.8, 4) is 0 Å². The van der Waals surface area contributed by atoms with Crippen molar-refractivity contribution < 1.29 is 4.92 Å². The van der Waals surface area contributed by atoms with Gasteiger partial charge in [0.1, 0.15) is 0 Å². The maximum absolute atomic E-state index is 12.0. The molecule has 26 heavy (non-hydrogen) atoms. The summed E-state index contributed by atoms with van der Waals surface area (Å²) in [4.78, 5) is 29.5. The van der Waals surface area contributed by atoms with E-state index in [4.69, 9.17) is 4.98 Å². The van der Waals surface area contributed by atoms with Crippen LogP contribution in [0.2, 0.25) is 0 Å². The molecule has 0 aliphatic carbocycles. The summed E-state index contributed by atoms with van der Waals surface area (Å²) in [5, 5.41) is 12.1. The highest BCUT2D eigenvalue weighted by Crippen LogP contribution is 2.33. The van der Waals surface area contributed by atoms with Crippen molar-refractivity contribution in [3.63, 3.8) is 0 Å². The molecule has 0 bridgehead atoms. The average molecular weight is 370 g/mol. The van der Waals surface area contributed by atoms with Gasteiger partial charge >= 0.3 is 0 Å². The number of fused-ring (bicyclic) bond motifs is 1. The first-order chi connectivity index (χ1) is 12.6. The number of hydrogen-bond donors (Lipinski definition) is 0. The molecule has 1 aromatic carbocycles. The molecule has 0 spiro atoms. The van der Waals surface area contributed by atoms with E-state index in [2.05, 4.69) is 11.0 Å². The Hall–Kier alpha value is -2.58. The first-order valence-electron chi connectivity index (χ1n) is 8.53. The van der Waals surface area contributed by atoms with Gasteiger partial charge < -0.3 is 0 Å². The summed E-state index contributed by atoms with van der Waals surface area (Å²) >= 11 is 1.73. The molecule has 0 amide bonds. The molecule has 0 unspecified atom stereocenters. The van der Waals surface area contributed by atoms with Crippen LogP contribution in [0.5, 0.6) is 0 Å². The fraction of sp³-hybridized carbons (Fsp3) is 0.333. The van der Waals surface area contributed by atoms with Gasteiger partial charge in [-0.2, -0.15) is 0 Å². The van der Waals surface area contributed by atoms with Crippen molar-refractivity contribution >= 4 is 27.2 Å². The number of rotatable bonds is 4. The molecule has 4 rings (SSSR count). The van der Waals surface area contributed by atoms with Crippen LogP contribution in [0.3, 0.4) is 0 Å². The molecule has 1 aliphatic rings. The highest BCUT2D eigenvalue weighted by molar-refractivity contribution is 7.18. The number of nitrogens with zero attached hydrogens (tertiary/aromatic N) is 4. The molecule has 2 aromatic heterocycles. The van der Waals surface area contributed by atoms with Crippen LogP contribution in [-0.2, 0) is 6.67 Å². The largest absolute Gasteiger partial charge is 0.295 e. The van der Waals surface area contributed by atoms with Crippen molar-refractivity contribution in [1.29, 1.82) is 0 Å². The topological polar surface area (TPSA) is 81.3 Å². The summed E-state index contributed by atoms with van der Waals surface area (Å²) in [5.41, 5.74) is 0.738. The Morgan fingerprint density at radius 1 is 1.27 bits per heavy atom. The summed E-state index contributed by atoms with van der Waals surface area (Å²) in [7, 11) is 0. The van der Waals surface area contributed by atoms with Gasteiger partial charge in [0.25, 0.3) is 11.2 Å². The Morgan fingerprint density at radius 3 is 2.92 bits per heavy atom. The quantitative estimate of drug-likeness (QED) is 0.520. The molecule has 134 valence electrons. The van der Waals surface area contributed by atoms with E-state index in [9.17, 15) is 14.9 Å². The minimum absolute atomic E-state index is 0.0654. The van der Waals surface area contributed by atoms with Gasteiger partial charge in [-0.3, -0.25) is 24.4 Å². The second kappa shape index (κ2) is 6.97. The molecule has 1 saturated heterocycles. The minimum Gasteiger partial charge on any atom is -0.295 e. The van der Waals surface area contributed by atoms with Crippen LogP contribution in [0.4, 0.5) is 5.69 Å². The molecule has 7 nitrogen and oxygen atoms in total. The summed E-state index contributed by atoms with van der Waals surface area (Å²) in [6, 6.07) is 10.6. The van der Waals surface area contributed by atoms with Gasteiger partial charge in [0.15, 0.2) is 0 Å². The Balaban J connectivity index is 1.53. The maximum atomic E-state index is 12.0. The van der Waals surface area contributed by atoms with Gasteiger partial charge in [0.05, 0.1) is 33.0 Å². The number of aromatic nitrogens is 2. The van der Waals surface area contributed by atoms with Crippen LogP contribution >= 0.6 is 11.3 Å². The third kappa shape index (κ3) is 3.38. The lowest BCUT2D eigenvalue weighted by atomic mass is 9.99. The third-order valence-electron chi connectivity index (χ3n) is 4.70. The second-order valence-electron chi connectivity index (χ2n) is 6.53. The van der Waals surface area contributed by atoms with Crippen molar-refractivity contribution in [2.75, 3.05) is 13.1 Å². The molecule has 0 radical (unpaired) electrons. The van der Waals surface area contributed by atoms with E-state index in [1.165, 1.54) is 27.6 Å². The highest BCUT2D eigenvalue weighted by atomic mass is 32.1. The number of nitro groups is 1. The molecular weight excluding hydrogens is 352 g/mol. The van der Waals surface area contributed by atoms with E-state index in [1.54, 1.807) is 11.3 Å². The van der Waals surface area contributed by atoms with E-state index in [0.717, 1.165) is 36.5 Å². The fourth-order valence-electron chi connectivity index (χ4n) is 3.40. The Kier molecular flexibility index (Phi) is 4.52. The van der Waals surface area contributed by atoms with Crippen molar-refractivity contribution in [2.24, 2.45) is 0 Å². The lowest BCUT2D eigenvalue weighted by Crippen LogP contribution is -2.38. The third-order valence-corrected chi connectivity index (χ3v) is 5.90. The minimum atomic E-state index is -0.476. The van der Waals surface area contributed by atoms with Gasteiger partial charge in [-0.25, -0.2) is 4.98 Å². The van der Waals surface area contributed by atoms with Crippen LogP contribution in [0, 0.1) is 10.1 Å². The normalized spacial score (nSPS) is 18.2. The van der Waals surface area contributed by atoms with E-state index >= 15 is 0 Å². The van der Waals surface area contributed by atoms with Gasteiger partial charge in [-0.1, -0.05) is 12.1 Å². The lowest BCUT2D eigenvalue weighted by Gasteiger charge is -2.31. The van der Waals surface area contributed by atoms with Gasteiger partial charge in [-0.05, 0) is 31.5 Å². The van der Waals surface area contributed by atoms with Crippen LogP contribution in [0.1, 0.15) is 23.8 Å². The smallest absolute Gasteiger partial charge is 0.285 e. The van der Waals surface area contributed by atoms with Crippen LogP contribution in [0.25, 0.3) is 10.2 Å². The first-order valence-corrected chi connectivity index (χ1v) is 9.34. The Labute approximate surface area is 153 Å². The molecule has 8 heteroatoms. The summed E-state index contributed by atoms with van der Waals surface area (Å²) in [5.74, 6) is 0.329. The van der Waals surface area contributed by atoms with E-state index in [0.29, 0.717) is 12.6 Å². The molecule has 3 aromatic rings. The molecule has 1 fully saturated rings. The number of pyridine rings is 1. The van der Waals surface area contributed by atoms with E-state index in [1.807, 2.05) is 18.2 Å². The number of thiazole rings is 1. The van der Waals surface area contributed by atoms with Crippen LogP contribution < -0.4 is 5.56 Å². The molecular formula is C18H18N4O3S. The molecule has 0 saturated carbocycles. The molecule has 3 heterocycles. The predicted molar refractivity (Wildman–Crippen MR) is 101 cm³/mol. The number of likely N-dealkylation sites (tertiary alicyclic amines) is 1. The summed E-state index contributed by atoms with van der Waals surface area (Å²) in [6.45, 7) is 2.04. The zero-order chi connectivity index (χ0) is 18.1. The van der Waals surface area contributed by atoms with Gasteiger partial charge in [0, 0.05) is 24.6 Å². The highest BCUT2D eigenvalue weighted by Gasteiger charge is 2.24. The van der Waals surface area contributed by atoms with E-state index in [-0.39, 0.29) is 11.2 Å². The molecule has 1 aliphatic heterocycles. The number of para-hydroxylation sites is 1. The zero-order valence-electron chi connectivity index (χ0n) is 14.1. The fourth-order valence-corrected chi connectivity index (χ4v) is 4.50. The summed E-state index contributed by atoms with van der Waals surface area (Å²) in [6.07, 6.45) is 3.41. The van der Waals surface area contributed by atoms with Gasteiger partial charge in [0.2, 0.25) is 0 Å². The zero-order valence-corrected chi connectivity index (χ0v) is 14.9. The number of piperidine rings is 1. The lowest BCUT2D eigenvalue weighted by molar-refractivity contribution is -0.385. The molecule has 1 atom stereocenters. The SMILES string of the molecule is O=c1ccc([N+](=O)[O-])cn1CN1CCC[C@H](c2nc3ccccc3s2)C1. The summed E-state index contributed by atoms with van der Waals surface area (Å²) < 4.78 is 2.60. The monoisotopic (exact) mass is 370 g/mol. The standard InChI is InChI=1S/C18H18N4O3S/c23-17-8-7-14(22(24)25)11-21(17)12-20-9-3-4-13(10-20)18-19-15-5-1-2-6-16(15)26-18/h1-2,5-8,11,13H,3-4,9-10,12H2/t13-/m0/s1. The van der Waals surface area contributed by atoms with Crippen LogP contribution in [-0.4, -0.2) is 32.5 Å². The molecule has 0 N–H and O–H groups in total. The maximum Gasteiger partial charge on any atom is 0.285 e. The van der Waals surface area contributed by atoms with Crippen LogP contribution in [0.15, 0.2) is 47.4 Å². The predicted octanol–water partition coefficient (Wildman–Crippen LogP) is 3.20. The number of benzene rings is 1.